The molecule has 7 heteroatoms. The van der Waals surface area contributed by atoms with E-state index < -0.39 is 22.8 Å². The van der Waals surface area contributed by atoms with E-state index in [-0.39, 0.29) is 17.2 Å². The summed E-state index contributed by atoms with van der Waals surface area (Å²) < 4.78 is 4.77. The molecule has 0 bridgehead atoms. The Morgan fingerprint density at radius 3 is 2.37 bits per heavy atom. The standard InChI is InChI=1S/C20H22N2O5/c1-13(2)11-18(20(24)27-3)21-19(23)16-10-9-15(22(25)26)12-17(16)14-7-5-4-6-8-14/h4-10,12-13,18H,11H2,1-3H3,(H,21,23)/t18-/m0/s1. The number of nitrogens with zero attached hydrogens (tertiary/aromatic N) is 1. The largest absolute Gasteiger partial charge is 0.467 e. The lowest BCUT2D eigenvalue weighted by Crippen LogP contribution is -2.42. The first-order valence-electron chi connectivity index (χ1n) is 8.56. The average molecular weight is 370 g/mol. The zero-order valence-electron chi connectivity index (χ0n) is 15.5. The first kappa shape index (κ1) is 20.1. The van der Waals surface area contributed by atoms with Crippen LogP contribution in [0.15, 0.2) is 48.5 Å². The van der Waals surface area contributed by atoms with Crippen LogP contribution in [0.4, 0.5) is 5.69 Å². The molecule has 7 nitrogen and oxygen atoms in total. The van der Waals surface area contributed by atoms with Crippen molar-refractivity contribution >= 4 is 17.6 Å². The molecule has 27 heavy (non-hydrogen) atoms. The number of methoxy groups -OCH3 is 1. The van der Waals surface area contributed by atoms with Gasteiger partial charge in [0.15, 0.2) is 0 Å². The predicted octanol–water partition coefficient (Wildman–Crippen LogP) is 3.58. The van der Waals surface area contributed by atoms with E-state index in [1.54, 1.807) is 24.3 Å². The Balaban J connectivity index is 2.42. The first-order chi connectivity index (χ1) is 12.8. The Kier molecular flexibility index (Phi) is 6.65. The van der Waals surface area contributed by atoms with Crippen molar-refractivity contribution in [2.75, 3.05) is 7.11 Å². The van der Waals surface area contributed by atoms with Gasteiger partial charge in [0, 0.05) is 23.3 Å². The molecule has 0 heterocycles. The van der Waals surface area contributed by atoms with E-state index in [1.165, 1.54) is 25.3 Å². The van der Waals surface area contributed by atoms with E-state index in [9.17, 15) is 19.7 Å². The number of non-ortho nitro benzene ring substituents is 1. The number of hydrogen-bond donors (Lipinski definition) is 1. The van der Waals surface area contributed by atoms with Crippen LogP contribution in [-0.2, 0) is 9.53 Å². The minimum atomic E-state index is -0.790. The number of rotatable bonds is 7. The molecule has 2 aromatic rings. The highest BCUT2D eigenvalue weighted by Gasteiger charge is 2.25. The van der Waals surface area contributed by atoms with Crippen LogP contribution in [-0.4, -0.2) is 30.0 Å². The van der Waals surface area contributed by atoms with Crippen LogP contribution in [0.25, 0.3) is 11.1 Å². The lowest BCUT2D eigenvalue weighted by atomic mass is 9.97. The van der Waals surface area contributed by atoms with Gasteiger partial charge in [0.25, 0.3) is 11.6 Å². The Labute approximate surface area is 157 Å². The molecular formula is C20H22N2O5. The molecule has 0 saturated carbocycles. The van der Waals surface area contributed by atoms with Crippen molar-refractivity contribution in [2.24, 2.45) is 5.92 Å². The van der Waals surface area contributed by atoms with Crippen molar-refractivity contribution in [1.82, 2.24) is 5.32 Å². The minimum Gasteiger partial charge on any atom is -0.467 e. The maximum atomic E-state index is 12.8. The van der Waals surface area contributed by atoms with Crippen LogP contribution in [0, 0.1) is 16.0 Å². The van der Waals surface area contributed by atoms with E-state index in [1.807, 2.05) is 19.9 Å². The fraction of sp³-hybridized carbons (Fsp3) is 0.300. The molecule has 0 aliphatic carbocycles. The van der Waals surface area contributed by atoms with E-state index in [2.05, 4.69) is 5.32 Å². The molecule has 2 aromatic carbocycles. The van der Waals surface area contributed by atoms with Crippen molar-refractivity contribution in [3.63, 3.8) is 0 Å². The Hall–Kier alpha value is -3.22. The van der Waals surface area contributed by atoms with Crippen LogP contribution in [0.1, 0.15) is 30.6 Å². The summed E-state index contributed by atoms with van der Waals surface area (Å²) in [5.74, 6) is -0.847. The van der Waals surface area contributed by atoms with E-state index in [4.69, 9.17) is 4.74 Å². The zero-order valence-corrected chi connectivity index (χ0v) is 15.5. The Bertz CT molecular complexity index is 834. The summed E-state index contributed by atoms with van der Waals surface area (Å²) in [5, 5.41) is 13.8. The van der Waals surface area contributed by atoms with Gasteiger partial charge >= 0.3 is 5.97 Å². The normalized spacial score (nSPS) is 11.7. The van der Waals surface area contributed by atoms with Crippen molar-refractivity contribution in [2.45, 2.75) is 26.3 Å². The lowest BCUT2D eigenvalue weighted by Gasteiger charge is -2.19. The van der Waals surface area contributed by atoms with Crippen LogP contribution >= 0.6 is 0 Å². The van der Waals surface area contributed by atoms with Gasteiger partial charge in [-0.25, -0.2) is 4.79 Å². The number of benzene rings is 2. The third-order valence-electron chi connectivity index (χ3n) is 4.04. The van der Waals surface area contributed by atoms with Gasteiger partial charge in [0.1, 0.15) is 6.04 Å². The molecule has 1 N–H and O–H groups in total. The highest BCUT2D eigenvalue weighted by atomic mass is 16.6. The molecule has 0 unspecified atom stereocenters. The van der Waals surface area contributed by atoms with E-state index >= 15 is 0 Å². The number of esters is 1. The van der Waals surface area contributed by atoms with Crippen LogP contribution in [0.2, 0.25) is 0 Å². The number of ether oxygens (including phenoxy) is 1. The molecule has 142 valence electrons. The smallest absolute Gasteiger partial charge is 0.328 e. The van der Waals surface area contributed by atoms with Gasteiger partial charge in [-0.1, -0.05) is 44.2 Å². The predicted molar refractivity (Wildman–Crippen MR) is 101 cm³/mol. The van der Waals surface area contributed by atoms with Gasteiger partial charge in [-0.3, -0.25) is 14.9 Å². The van der Waals surface area contributed by atoms with Gasteiger partial charge in [0.05, 0.1) is 12.0 Å². The molecule has 0 aliphatic heterocycles. The summed E-state index contributed by atoms with van der Waals surface area (Å²) in [6.45, 7) is 3.87. The van der Waals surface area contributed by atoms with Gasteiger partial charge in [-0.2, -0.15) is 0 Å². The molecule has 1 atom stereocenters. The maximum Gasteiger partial charge on any atom is 0.328 e. The lowest BCUT2D eigenvalue weighted by molar-refractivity contribution is -0.384. The second-order valence-electron chi connectivity index (χ2n) is 6.53. The number of amides is 1. The van der Waals surface area contributed by atoms with Gasteiger partial charge in [-0.05, 0) is 24.0 Å². The summed E-state index contributed by atoms with van der Waals surface area (Å²) in [4.78, 5) is 35.5. The molecule has 0 spiro atoms. The first-order valence-corrected chi connectivity index (χ1v) is 8.56. The van der Waals surface area contributed by atoms with Gasteiger partial charge in [0.2, 0.25) is 0 Å². The number of nitrogens with one attached hydrogen (secondary N) is 1. The number of nitro groups is 1. The fourth-order valence-corrected chi connectivity index (χ4v) is 2.76. The highest BCUT2D eigenvalue weighted by Crippen LogP contribution is 2.28. The zero-order chi connectivity index (χ0) is 20.0. The fourth-order valence-electron chi connectivity index (χ4n) is 2.76. The molecule has 0 fully saturated rings. The topological polar surface area (TPSA) is 98.5 Å². The summed E-state index contributed by atoms with van der Waals surface area (Å²) in [7, 11) is 1.27. The minimum absolute atomic E-state index is 0.114. The van der Waals surface area contributed by atoms with E-state index in [0.717, 1.165) is 0 Å². The number of hydrogen-bond acceptors (Lipinski definition) is 5. The molecule has 0 aromatic heterocycles. The number of carbonyl (C=O) groups is 2. The second-order valence-corrected chi connectivity index (χ2v) is 6.53. The third-order valence-corrected chi connectivity index (χ3v) is 4.04. The van der Waals surface area contributed by atoms with Crippen LogP contribution in [0.3, 0.4) is 0 Å². The summed E-state index contributed by atoms with van der Waals surface area (Å²) in [6, 6.07) is 12.2. The highest BCUT2D eigenvalue weighted by molar-refractivity contribution is 6.02. The van der Waals surface area contributed by atoms with Crippen molar-refractivity contribution in [3.8, 4) is 11.1 Å². The van der Waals surface area contributed by atoms with Crippen molar-refractivity contribution in [3.05, 3.63) is 64.2 Å². The van der Waals surface area contributed by atoms with Gasteiger partial charge in [-0.15, -0.1) is 0 Å². The molecule has 0 radical (unpaired) electrons. The number of nitro benzene ring substituents is 1. The molecular weight excluding hydrogens is 348 g/mol. The Morgan fingerprint density at radius 1 is 1.15 bits per heavy atom. The molecule has 0 aliphatic rings. The maximum absolute atomic E-state index is 12.8. The SMILES string of the molecule is COC(=O)[C@H](CC(C)C)NC(=O)c1ccc([N+](=O)[O-])cc1-c1ccccc1. The van der Waals surface area contributed by atoms with Gasteiger partial charge < -0.3 is 10.1 Å². The summed E-state index contributed by atoms with van der Waals surface area (Å²) >= 11 is 0. The monoisotopic (exact) mass is 370 g/mol. The second kappa shape index (κ2) is 8.93. The van der Waals surface area contributed by atoms with Crippen LogP contribution < -0.4 is 5.32 Å². The average Bonchev–Trinajstić information content (AvgIpc) is 2.66. The number of carbonyl (C=O) groups excluding carboxylic acids is 2. The molecule has 1 amide bonds. The van der Waals surface area contributed by atoms with Crippen molar-refractivity contribution in [1.29, 1.82) is 0 Å². The summed E-state index contributed by atoms with van der Waals surface area (Å²) in [5.41, 5.74) is 1.24. The molecule has 0 saturated heterocycles. The quantitative estimate of drug-likeness (QED) is 0.456. The summed E-state index contributed by atoms with van der Waals surface area (Å²) in [6.07, 6.45) is 0.423. The van der Waals surface area contributed by atoms with E-state index in [0.29, 0.717) is 17.5 Å². The molecule has 2 rings (SSSR count). The van der Waals surface area contributed by atoms with Crippen molar-refractivity contribution < 1.29 is 19.2 Å². The Morgan fingerprint density at radius 2 is 1.81 bits per heavy atom. The third kappa shape index (κ3) is 5.13. The van der Waals surface area contributed by atoms with Crippen LogP contribution in [0.5, 0.6) is 0 Å².